The maximum Gasteiger partial charge on any atom is 0.243 e. The summed E-state index contributed by atoms with van der Waals surface area (Å²) in [5.74, 6) is 0.834. The molecule has 2 rings (SSSR count). The van der Waals surface area contributed by atoms with E-state index in [0.717, 1.165) is 36.8 Å². The third-order valence-corrected chi connectivity index (χ3v) is 6.55. The van der Waals surface area contributed by atoms with Crippen molar-refractivity contribution in [2.24, 2.45) is 5.92 Å². The van der Waals surface area contributed by atoms with E-state index in [9.17, 15) is 8.42 Å². The van der Waals surface area contributed by atoms with Crippen molar-refractivity contribution in [3.8, 4) is 0 Å². The maximum atomic E-state index is 12.8. The van der Waals surface area contributed by atoms with Crippen LogP contribution in [0.15, 0.2) is 23.1 Å². The van der Waals surface area contributed by atoms with Gasteiger partial charge in [-0.3, -0.25) is 0 Å². The molecule has 0 amide bonds. The molecule has 0 spiro atoms. The quantitative estimate of drug-likeness (QED) is 0.770. The van der Waals surface area contributed by atoms with Crippen LogP contribution < -0.4 is 0 Å². The molecular formula is C16H24ClNO2S. The summed E-state index contributed by atoms with van der Waals surface area (Å²) in [4.78, 5) is 0.382. The molecule has 1 unspecified atom stereocenters. The average molecular weight is 330 g/mol. The zero-order chi connectivity index (χ0) is 15.5. The van der Waals surface area contributed by atoms with Crippen molar-refractivity contribution in [1.29, 1.82) is 0 Å². The molecule has 1 aliphatic rings. The Morgan fingerprint density at radius 1 is 1.29 bits per heavy atom. The monoisotopic (exact) mass is 329 g/mol. The molecule has 0 bridgehead atoms. The van der Waals surface area contributed by atoms with Crippen molar-refractivity contribution in [1.82, 2.24) is 4.31 Å². The third-order valence-electron chi connectivity index (χ3n) is 4.40. The Morgan fingerprint density at radius 3 is 2.67 bits per heavy atom. The molecule has 1 aromatic rings. The van der Waals surface area contributed by atoms with E-state index in [-0.39, 0.29) is 0 Å². The van der Waals surface area contributed by atoms with Gasteiger partial charge in [0, 0.05) is 19.0 Å². The fourth-order valence-electron chi connectivity index (χ4n) is 2.96. The lowest BCUT2D eigenvalue weighted by Crippen LogP contribution is -2.39. The number of hydrogen-bond acceptors (Lipinski definition) is 2. The second-order valence-electron chi connectivity index (χ2n) is 5.70. The van der Waals surface area contributed by atoms with E-state index in [2.05, 4.69) is 13.8 Å². The van der Waals surface area contributed by atoms with E-state index in [1.54, 1.807) is 16.4 Å². The average Bonchev–Trinajstić information content (AvgIpc) is 2.54. The molecule has 0 radical (unpaired) electrons. The highest BCUT2D eigenvalue weighted by Gasteiger charge is 2.29. The summed E-state index contributed by atoms with van der Waals surface area (Å²) in [6.45, 7) is 5.45. The fourth-order valence-corrected chi connectivity index (χ4v) is 4.81. The molecule has 1 aliphatic heterocycles. The molecule has 118 valence electrons. The first-order valence-electron chi connectivity index (χ1n) is 7.70. The first-order valence-corrected chi connectivity index (χ1v) is 9.68. The topological polar surface area (TPSA) is 37.4 Å². The van der Waals surface area contributed by atoms with Crippen LogP contribution in [0.4, 0.5) is 0 Å². The second-order valence-corrected chi connectivity index (χ2v) is 7.90. The minimum Gasteiger partial charge on any atom is -0.207 e. The number of halogens is 1. The zero-order valence-corrected chi connectivity index (χ0v) is 14.4. The van der Waals surface area contributed by atoms with Gasteiger partial charge in [-0.25, -0.2) is 8.42 Å². The lowest BCUT2D eigenvalue weighted by atomic mass is 9.97. The van der Waals surface area contributed by atoms with E-state index >= 15 is 0 Å². The lowest BCUT2D eigenvalue weighted by molar-refractivity contribution is 0.261. The van der Waals surface area contributed by atoms with Gasteiger partial charge in [0.25, 0.3) is 0 Å². The molecule has 0 N–H and O–H groups in total. The minimum atomic E-state index is -3.39. The summed E-state index contributed by atoms with van der Waals surface area (Å²) in [6.07, 6.45) is 3.98. The van der Waals surface area contributed by atoms with Gasteiger partial charge in [-0.1, -0.05) is 26.3 Å². The van der Waals surface area contributed by atoms with Crippen molar-refractivity contribution < 1.29 is 8.42 Å². The van der Waals surface area contributed by atoms with Crippen LogP contribution in [0.5, 0.6) is 0 Å². The van der Waals surface area contributed by atoms with Gasteiger partial charge < -0.3 is 0 Å². The van der Waals surface area contributed by atoms with Crippen LogP contribution in [-0.4, -0.2) is 25.8 Å². The van der Waals surface area contributed by atoms with E-state index in [4.69, 9.17) is 11.6 Å². The second kappa shape index (κ2) is 7.12. The zero-order valence-electron chi connectivity index (χ0n) is 12.8. The largest absolute Gasteiger partial charge is 0.243 e. The summed E-state index contributed by atoms with van der Waals surface area (Å²) < 4.78 is 27.2. The number of rotatable bonds is 5. The van der Waals surface area contributed by atoms with E-state index in [1.165, 1.54) is 0 Å². The van der Waals surface area contributed by atoms with E-state index < -0.39 is 10.0 Å². The van der Waals surface area contributed by atoms with E-state index in [0.29, 0.717) is 29.8 Å². The Bertz CT molecular complexity index is 586. The van der Waals surface area contributed by atoms with Crippen LogP contribution in [0.2, 0.25) is 0 Å². The van der Waals surface area contributed by atoms with Crippen molar-refractivity contribution in [3.63, 3.8) is 0 Å². The Hall–Kier alpha value is -0.580. The number of sulfonamides is 1. The van der Waals surface area contributed by atoms with Gasteiger partial charge in [0.1, 0.15) is 0 Å². The number of alkyl halides is 1. The molecule has 1 atom stereocenters. The van der Waals surface area contributed by atoms with Crippen molar-refractivity contribution in [3.05, 3.63) is 29.3 Å². The summed E-state index contributed by atoms with van der Waals surface area (Å²) in [5.41, 5.74) is 2.04. The highest BCUT2D eigenvalue weighted by atomic mass is 35.5. The molecule has 0 aliphatic carbocycles. The first kappa shape index (κ1) is 16.8. The highest BCUT2D eigenvalue weighted by Crippen LogP contribution is 2.27. The van der Waals surface area contributed by atoms with Gasteiger partial charge >= 0.3 is 0 Å². The van der Waals surface area contributed by atoms with Crippen molar-refractivity contribution >= 4 is 21.6 Å². The van der Waals surface area contributed by atoms with Crippen LogP contribution in [0.1, 0.15) is 44.2 Å². The predicted molar refractivity (Wildman–Crippen MR) is 87.2 cm³/mol. The lowest BCUT2D eigenvalue weighted by Gasteiger charge is -2.31. The van der Waals surface area contributed by atoms with Gasteiger partial charge in [0.05, 0.1) is 4.90 Å². The van der Waals surface area contributed by atoms with Crippen molar-refractivity contribution in [2.45, 2.75) is 50.3 Å². The normalized spacial score (nSPS) is 20.6. The van der Waals surface area contributed by atoms with Gasteiger partial charge in [-0.15, -0.1) is 11.6 Å². The molecular weight excluding hydrogens is 306 g/mol. The number of hydrogen-bond donors (Lipinski definition) is 0. The molecule has 5 heteroatoms. The number of piperidine rings is 1. The Balaban J connectivity index is 2.30. The van der Waals surface area contributed by atoms with E-state index in [1.807, 2.05) is 6.07 Å². The van der Waals surface area contributed by atoms with Crippen LogP contribution in [0.25, 0.3) is 0 Å². The van der Waals surface area contributed by atoms with Crippen LogP contribution in [0, 0.1) is 5.92 Å². The maximum absolute atomic E-state index is 12.8. The first-order chi connectivity index (χ1) is 10.0. The van der Waals surface area contributed by atoms with Gasteiger partial charge in [0.15, 0.2) is 0 Å². The van der Waals surface area contributed by atoms with Crippen LogP contribution in [-0.2, 0) is 22.3 Å². The fraction of sp³-hybridized carbons (Fsp3) is 0.625. The molecule has 0 aromatic heterocycles. The molecule has 21 heavy (non-hydrogen) atoms. The van der Waals surface area contributed by atoms with Crippen LogP contribution in [0.3, 0.4) is 0 Å². The molecule has 0 saturated carbocycles. The molecule has 1 heterocycles. The highest BCUT2D eigenvalue weighted by molar-refractivity contribution is 7.89. The number of aryl methyl sites for hydroxylation is 1. The number of nitrogens with zero attached hydrogens (tertiary/aromatic N) is 1. The molecule has 1 fully saturated rings. The smallest absolute Gasteiger partial charge is 0.207 e. The minimum absolute atomic E-state index is 0.351. The number of benzene rings is 1. The Morgan fingerprint density at radius 2 is 2.05 bits per heavy atom. The predicted octanol–water partition coefficient (Wildman–Crippen LogP) is 3.80. The van der Waals surface area contributed by atoms with Crippen LogP contribution >= 0.6 is 11.6 Å². The van der Waals surface area contributed by atoms with Crippen molar-refractivity contribution in [2.75, 3.05) is 13.1 Å². The van der Waals surface area contributed by atoms with Gasteiger partial charge in [0.2, 0.25) is 10.0 Å². The Kier molecular flexibility index (Phi) is 5.69. The summed E-state index contributed by atoms with van der Waals surface area (Å²) in [7, 11) is -3.39. The summed E-state index contributed by atoms with van der Waals surface area (Å²) in [5, 5.41) is 0. The third kappa shape index (κ3) is 3.61. The van der Waals surface area contributed by atoms with Gasteiger partial charge in [-0.2, -0.15) is 4.31 Å². The molecule has 3 nitrogen and oxygen atoms in total. The molecule has 1 saturated heterocycles. The summed E-state index contributed by atoms with van der Waals surface area (Å²) in [6, 6.07) is 5.36. The molecule has 1 aromatic carbocycles. The standard InChI is InChI=1S/C16H24ClNO2S/c1-3-13-6-5-9-18(12-13)21(19,20)16-8-7-14(4-2)15(10-16)11-17/h7-8,10,13H,3-6,9,11-12H2,1-2H3. The Labute approximate surface area is 133 Å². The summed E-state index contributed by atoms with van der Waals surface area (Å²) >= 11 is 5.96. The SMILES string of the molecule is CCc1ccc(S(=O)(=O)N2CCCC(CC)C2)cc1CCl. The van der Waals surface area contributed by atoms with Gasteiger partial charge in [-0.05, 0) is 48.4 Å².